The molecule has 152 valence electrons. The average molecular weight is 422 g/mol. The van der Waals surface area contributed by atoms with E-state index in [0.29, 0.717) is 32.1 Å². The van der Waals surface area contributed by atoms with E-state index in [4.69, 9.17) is 4.18 Å². The molecule has 0 aromatic rings. The first-order valence-electron chi connectivity index (χ1n) is 7.97. The number of alkyl halides is 3. The Morgan fingerprint density at radius 1 is 0.962 bits per heavy atom. The van der Waals surface area contributed by atoms with Crippen molar-refractivity contribution in [3.8, 4) is 0 Å². The molecule has 0 aromatic carbocycles. The van der Waals surface area contributed by atoms with Gasteiger partial charge in [0.25, 0.3) is 0 Å². The van der Waals surface area contributed by atoms with Crippen LogP contribution in [0.3, 0.4) is 0 Å². The molecule has 0 spiro atoms. The van der Waals surface area contributed by atoms with Crippen molar-refractivity contribution in [2.45, 2.75) is 43.7 Å². The maximum absolute atomic E-state index is 12.4. The van der Waals surface area contributed by atoms with Crippen LogP contribution in [0, 0.1) is 22.7 Å². The van der Waals surface area contributed by atoms with Crippen LogP contribution in [0.4, 0.5) is 13.2 Å². The van der Waals surface area contributed by atoms with Crippen LogP contribution in [-0.2, 0) is 24.5 Å². The Morgan fingerprint density at radius 3 is 1.73 bits per heavy atom. The van der Waals surface area contributed by atoms with Gasteiger partial charge in [-0.3, -0.25) is 4.18 Å². The van der Waals surface area contributed by atoms with E-state index in [1.165, 1.54) is 0 Å². The van der Waals surface area contributed by atoms with E-state index in [9.17, 15) is 40.2 Å². The van der Waals surface area contributed by atoms with Crippen LogP contribution in [0.15, 0.2) is 0 Å². The fourth-order valence-corrected chi connectivity index (χ4v) is 7.35. The number of aliphatic hydroxyl groups is 2. The molecule has 4 aliphatic carbocycles. The normalized spacial score (nSPS) is 40.1. The fraction of sp³-hybridized carbons (Fsp3) is 1.00. The number of sulfonamides is 1. The fourth-order valence-electron chi connectivity index (χ4n) is 5.32. The van der Waals surface area contributed by atoms with Crippen LogP contribution < -0.4 is 0 Å². The van der Waals surface area contributed by atoms with Crippen LogP contribution in [0.25, 0.3) is 4.13 Å². The van der Waals surface area contributed by atoms with E-state index in [2.05, 4.69) is 0 Å². The summed E-state index contributed by atoms with van der Waals surface area (Å²) in [4.78, 5) is 0. The molecule has 0 unspecified atom stereocenters. The van der Waals surface area contributed by atoms with E-state index in [1.807, 2.05) is 4.13 Å². The molecule has 4 saturated carbocycles. The lowest BCUT2D eigenvalue weighted by molar-refractivity contribution is -0.186. The van der Waals surface area contributed by atoms with Crippen LogP contribution >= 0.6 is 0 Å². The highest BCUT2D eigenvalue weighted by atomic mass is 32.3. The van der Waals surface area contributed by atoms with Gasteiger partial charge in [0.1, 0.15) is 0 Å². The van der Waals surface area contributed by atoms with Crippen molar-refractivity contribution in [3.05, 3.63) is 4.13 Å². The van der Waals surface area contributed by atoms with Gasteiger partial charge >= 0.3 is 5.51 Å². The molecule has 4 bridgehead atoms. The SMILES string of the molecule is O=S(=O)([N-]S(=O)(=O)C(F)(F)F)OC1C2CC3(CO)CC1CC(CO)(C2)C3. The number of aliphatic hydroxyl groups excluding tert-OH is 2. The summed E-state index contributed by atoms with van der Waals surface area (Å²) in [5.41, 5.74) is -6.80. The Kier molecular flexibility index (Phi) is 4.69. The quantitative estimate of drug-likeness (QED) is 0.653. The molecule has 8 nitrogen and oxygen atoms in total. The smallest absolute Gasteiger partial charge is 0.404 e. The maximum atomic E-state index is 12.4. The first-order valence-corrected chi connectivity index (χ1v) is 10.8. The van der Waals surface area contributed by atoms with Crippen molar-refractivity contribution in [1.29, 1.82) is 0 Å². The molecule has 0 saturated heterocycles. The predicted octanol–water partition coefficient (Wildman–Crippen LogP) is 1.02. The molecule has 0 atom stereocenters. The van der Waals surface area contributed by atoms with Gasteiger partial charge in [0.2, 0.25) is 10.3 Å². The Morgan fingerprint density at radius 2 is 1.38 bits per heavy atom. The molecule has 4 fully saturated rings. The van der Waals surface area contributed by atoms with E-state index < -0.39 is 54.6 Å². The molecule has 0 radical (unpaired) electrons. The van der Waals surface area contributed by atoms with Crippen molar-refractivity contribution in [2.24, 2.45) is 22.7 Å². The first kappa shape index (κ1) is 20.3. The zero-order valence-corrected chi connectivity index (χ0v) is 15.1. The van der Waals surface area contributed by atoms with Gasteiger partial charge in [0.15, 0.2) is 10.0 Å². The molecule has 4 rings (SSSR count). The Hall–Kier alpha value is -0.470. The molecule has 0 aliphatic heterocycles. The van der Waals surface area contributed by atoms with Crippen LogP contribution in [-0.4, -0.2) is 51.9 Å². The van der Waals surface area contributed by atoms with Crippen molar-refractivity contribution < 1.29 is 44.4 Å². The summed E-state index contributed by atoms with van der Waals surface area (Å²) >= 11 is 0. The van der Waals surface area contributed by atoms with Gasteiger partial charge in [-0.1, -0.05) is 0 Å². The van der Waals surface area contributed by atoms with Crippen molar-refractivity contribution >= 4 is 20.3 Å². The van der Waals surface area contributed by atoms with Gasteiger partial charge < -0.3 is 14.3 Å². The average Bonchev–Trinajstić information content (AvgIpc) is 2.48. The lowest BCUT2D eigenvalue weighted by atomic mass is 9.43. The summed E-state index contributed by atoms with van der Waals surface area (Å²) in [5, 5.41) is 19.5. The highest BCUT2D eigenvalue weighted by molar-refractivity contribution is 8.10. The molecule has 0 aromatic heterocycles. The minimum Gasteiger partial charge on any atom is -0.404 e. The minimum absolute atomic E-state index is 0.145. The maximum Gasteiger partial charge on any atom is 0.480 e. The van der Waals surface area contributed by atoms with E-state index in [1.54, 1.807) is 0 Å². The lowest BCUT2D eigenvalue weighted by Crippen LogP contribution is -2.60. The van der Waals surface area contributed by atoms with Crippen molar-refractivity contribution in [2.75, 3.05) is 13.2 Å². The standard InChI is InChI=1S/C13H19F3NO7S2/c14-13(15,16)25(20,21)17-26(22,23)24-10-8-1-11(6-18)3-9(10)4-12(2-8,5-11)7-19/h8-10,18-19H,1-7H2/q-1. The van der Waals surface area contributed by atoms with E-state index >= 15 is 0 Å². The molecular formula is C13H19F3NO7S2-. The van der Waals surface area contributed by atoms with E-state index in [-0.39, 0.29) is 13.2 Å². The van der Waals surface area contributed by atoms with Gasteiger partial charge in [-0.05, 0) is 54.8 Å². The third-order valence-electron chi connectivity index (χ3n) is 5.85. The molecule has 0 heterocycles. The number of halogens is 3. The van der Waals surface area contributed by atoms with Crippen LogP contribution in [0.2, 0.25) is 0 Å². The number of hydrogen-bond acceptors (Lipinski definition) is 7. The van der Waals surface area contributed by atoms with Gasteiger partial charge in [0, 0.05) is 13.2 Å². The topological polar surface area (TPSA) is 132 Å². The Balaban J connectivity index is 1.80. The molecule has 2 N–H and O–H groups in total. The Labute approximate surface area is 149 Å². The van der Waals surface area contributed by atoms with Gasteiger partial charge in [-0.25, -0.2) is 16.8 Å². The summed E-state index contributed by atoms with van der Waals surface area (Å²) in [6.45, 7) is -0.290. The third kappa shape index (κ3) is 3.37. The largest absolute Gasteiger partial charge is 0.480 e. The van der Waals surface area contributed by atoms with Crippen LogP contribution in [0.1, 0.15) is 32.1 Å². The predicted molar refractivity (Wildman–Crippen MR) is 81.2 cm³/mol. The van der Waals surface area contributed by atoms with Gasteiger partial charge in [-0.2, -0.15) is 13.2 Å². The molecule has 4 aliphatic rings. The number of hydrogen-bond donors (Lipinski definition) is 2. The highest BCUT2D eigenvalue weighted by Crippen LogP contribution is 2.65. The zero-order valence-electron chi connectivity index (χ0n) is 13.5. The van der Waals surface area contributed by atoms with Gasteiger partial charge in [0.05, 0.1) is 6.10 Å². The molecule has 0 amide bonds. The second kappa shape index (κ2) is 6.01. The van der Waals surface area contributed by atoms with E-state index in [0.717, 1.165) is 0 Å². The summed E-state index contributed by atoms with van der Waals surface area (Å²) in [6, 6.07) is 0. The number of rotatable bonds is 6. The summed E-state index contributed by atoms with van der Waals surface area (Å²) < 4.78 is 89.4. The Bertz CT molecular complexity index is 742. The molecule has 26 heavy (non-hydrogen) atoms. The third-order valence-corrected chi connectivity index (χ3v) is 8.41. The van der Waals surface area contributed by atoms with Crippen molar-refractivity contribution in [1.82, 2.24) is 0 Å². The summed E-state index contributed by atoms with van der Waals surface area (Å²) in [5.74, 6) is -0.844. The monoisotopic (exact) mass is 422 g/mol. The second-order valence-electron chi connectivity index (χ2n) is 7.81. The summed E-state index contributed by atoms with van der Waals surface area (Å²) in [6.07, 6.45) is 1.16. The first-order chi connectivity index (χ1) is 11.8. The molecular weight excluding hydrogens is 403 g/mol. The zero-order chi connectivity index (χ0) is 19.6. The lowest BCUT2D eigenvalue weighted by Gasteiger charge is -2.63. The van der Waals surface area contributed by atoms with Gasteiger partial charge in [-0.15, -0.1) is 0 Å². The minimum atomic E-state index is -6.23. The number of nitrogens with zero attached hydrogens (tertiary/aromatic N) is 1. The summed E-state index contributed by atoms with van der Waals surface area (Å²) in [7, 11) is -11.6. The van der Waals surface area contributed by atoms with Crippen molar-refractivity contribution in [3.63, 3.8) is 0 Å². The highest BCUT2D eigenvalue weighted by Gasteiger charge is 2.61. The molecule has 13 heteroatoms. The van der Waals surface area contributed by atoms with Crippen LogP contribution in [0.5, 0.6) is 0 Å². The second-order valence-corrected chi connectivity index (χ2v) is 10.9.